The number of hydrogen-bond acceptors (Lipinski definition) is 5. The lowest BCUT2D eigenvalue weighted by atomic mass is 9.88. The average molecular weight is 432 g/mol. The first-order valence-corrected chi connectivity index (χ1v) is 12.3. The zero-order valence-electron chi connectivity index (χ0n) is 17.9. The number of anilines is 1. The summed E-state index contributed by atoms with van der Waals surface area (Å²) < 4.78 is 6.06. The summed E-state index contributed by atoms with van der Waals surface area (Å²) in [6.07, 6.45) is 11.3. The van der Waals surface area contributed by atoms with E-state index < -0.39 is 0 Å². The van der Waals surface area contributed by atoms with Gasteiger partial charge in [0.1, 0.15) is 5.75 Å². The minimum absolute atomic E-state index is 0.627. The number of allylic oxidation sites excluding steroid dienone is 2. The molecule has 31 heavy (non-hydrogen) atoms. The van der Waals surface area contributed by atoms with Gasteiger partial charge in [0, 0.05) is 65.8 Å². The van der Waals surface area contributed by atoms with E-state index in [1.807, 2.05) is 17.4 Å². The number of nitrogens with zero attached hydrogens (tertiary/aromatic N) is 2. The molecule has 1 N–H and O–H groups in total. The van der Waals surface area contributed by atoms with Crippen LogP contribution in [0.2, 0.25) is 0 Å². The molecule has 1 fully saturated rings. The highest BCUT2D eigenvalue weighted by atomic mass is 32.1. The highest BCUT2D eigenvalue weighted by Crippen LogP contribution is 2.42. The Labute approximate surface area is 188 Å². The summed E-state index contributed by atoms with van der Waals surface area (Å²) in [7, 11) is 0. The van der Waals surface area contributed by atoms with Crippen LogP contribution >= 0.6 is 11.3 Å². The third kappa shape index (κ3) is 3.60. The van der Waals surface area contributed by atoms with Crippen molar-refractivity contribution >= 4 is 28.8 Å². The first-order chi connectivity index (χ1) is 15.2. The smallest absolute Gasteiger partial charge is 0.121 e. The maximum Gasteiger partial charge on any atom is 0.121 e. The molecule has 0 bridgehead atoms. The molecule has 4 nitrogen and oxygen atoms in total. The molecule has 1 unspecified atom stereocenters. The summed E-state index contributed by atoms with van der Waals surface area (Å²) in [5.41, 5.74) is 7.89. The summed E-state index contributed by atoms with van der Waals surface area (Å²) in [4.78, 5) is 6.95. The van der Waals surface area contributed by atoms with Crippen LogP contribution in [0, 0.1) is 0 Å². The van der Waals surface area contributed by atoms with Crippen LogP contribution in [0.1, 0.15) is 34.4 Å². The Morgan fingerprint density at radius 1 is 1.23 bits per heavy atom. The van der Waals surface area contributed by atoms with Crippen molar-refractivity contribution in [2.24, 2.45) is 0 Å². The predicted molar refractivity (Wildman–Crippen MR) is 130 cm³/mol. The second-order valence-corrected chi connectivity index (χ2v) is 9.94. The number of rotatable bonds is 5. The molecule has 1 aromatic carbocycles. The molecule has 5 heteroatoms. The molecule has 4 heterocycles. The van der Waals surface area contributed by atoms with Crippen LogP contribution in [-0.4, -0.2) is 48.6 Å². The van der Waals surface area contributed by atoms with E-state index in [-0.39, 0.29) is 0 Å². The Balaban J connectivity index is 1.03. The Kier molecular flexibility index (Phi) is 4.88. The van der Waals surface area contributed by atoms with Gasteiger partial charge in [0.25, 0.3) is 0 Å². The van der Waals surface area contributed by atoms with Crippen LogP contribution in [-0.2, 0) is 12.8 Å². The third-order valence-electron chi connectivity index (χ3n) is 6.91. The molecule has 0 radical (unpaired) electrons. The van der Waals surface area contributed by atoms with Crippen LogP contribution in [0.15, 0.2) is 48.0 Å². The quantitative estimate of drug-likeness (QED) is 0.675. The van der Waals surface area contributed by atoms with Crippen molar-refractivity contribution in [2.75, 3.05) is 38.1 Å². The van der Waals surface area contributed by atoms with E-state index in [0.717, 1.165) is 49.8 Å². The van der Waals surface area contributed by atoms with Gasteiger partial charge in [0.05, 0.1) is 6.61 Å². The number of hydrogen-bond donors (Lipinski definition) is 1. The summed E-state index contributed by atoms with van der Waals surface area (Å²) in [5, 5.41) is 5.74. The first-order valence-electron chi connectivity index (χ1n) is 11.4. The summed E-state index contributed by atoms with van der Waals surface area (Å²) in [6.45, 7) is 9.30. The normalized spacial score (nSPS) is 21.7. The number of nitrogens with one attached hydrogen (secondary N) is 1. The van der Waals surface area contributed by atoms with Crippen molar-refractivity contribution in [3.05, 3.63) is 69.6 Å². The zero-order valence-corrected chi connectivity index (χ0v) is 18.7. The van der Waals surface area contributed by atoms with Crippen LogP contribution < -0.4 is 10.1 Å². The third-order valence-corrected chi connectivity index (χ3v) is 8.01. The molecular formula is C26H29N3OS. The highest BCUT2D eigenvalue weighted by molar-refractivity contribution is 7.10. The van der Waals surface area contributed by atoms with E-state index in [9.17, 15) is 0 Å². The molecule has 160 valence electrons. The molecule has 0 spiro atoms. The average Bonchev–Trinajstić information content (AvgIpc) is 3.20. The first kappa shape index (κ1) is 19.2. The molecular weight excluding hydrogens is 402 g/mol. The number of aryl methyl sites for hydroxylation is 1. The van der Waals surface area contributed by atoms with Crippen molar-refractivity contribution in [1.29, 1.82) is 0 Å². The summed E-state index contributed by atoms with van der Waals surface area (Å²) in [6, 6.07) is 6.87. The van der Waals surface area contributed by atoms with Crippen molar-refractivity contribution in [2.45, 2.75) is 31.7 Å². The van der Waals surface area contributed by atoms with Gasteiger partial charge in [-0.05, 0) is 60.4 Å². The van der Waals surface area contributed by atoms with E-state index in [0.29, 0.717) is 6.04 Å². The monoisotopic (exact) mass is 431 g/mol. The standard InChI is InChI=1S/C26H29N3OS/c1-18-6-7-19-8-9-22(15-23(19)27-18)30-13-3-10-28-11-12-29-21(16-28)14-20-17-31-25-5-2-4-24(29)26(20)25/h4,6-9,15,17,21,27H,1-3,5,10-14,16H2. The largest absolute Gasteiger partial charge is 0.493 e. The lowest BCUT2D eigenvalue weighted by Crippen LogP contribution is -2.54. The molecule has 1 aliphatic carbocycles. The molecule has 0 amide bonds. The van der Waals surface area contributed by atoms with Crippen LogP contribution in [0.4, 0.5) is 5.69 Å². The number of fused-ring (bicyclic) bond motifs is 3. The minimum atomic E-state index is 0.627. The van der Waals surface area contributed by atoms with Crippen molar-refractivity contribution in [3.63, 3.8) is 0 Å². The lowest BCUT2D eigenvalue weighted by molar-refractivity contribution is 0.109. The van der Waals surface area contributed by atoms with Gasteiger partial charge in [0.15, 0.2) is 0 Å². The fourth-order valence-corrected chi connectivity index (χ4v) is 6.50. The Morgan fingerprint density at radius 3 is 3.16 bits per heavy atom. The molecule has 1 atom stereocenters. The van der Waals surface area contributed by atoms with Gasteiger partial charge in [-0.25, -0.2) is 0 Å². The molecule has 4 aliphatic rings. The van der Waals surface area contributed by atoms with Crippen molar-refractivity contribution < 1.29 is 4.74 Å². The maximum absolute atomic E-state index is 6.06. The summed E-state index contributed by atoms with van der Waals surface area (Å²) in [5.74, 6) is 0.927. The molecule has 2 aromatic rings. The number of ether oxygens (including phenoxy) is 1. The Hall–Kier alpha value is -2.50. The van der Waals surface area contributed by atoms with Crippen molar-refractivity contribution in [3.8, 4) is 5.75 Å². The predicted octanol–water partition coefficient (Wildman–Crippen LogP) is 5.00. The number of thiophene rings is 1. The SMILES string of the molecule is C=C1C=Cc2ccc(OCCCN3CCN4C5=CCCc6scc(c65)CC4C3)cc2N1. The molecule has 1 aromatic heterocycles. The van der Waals surface area contributed by atoms with E-state index in [4.69, 9.17) is 4.74 Å². The number of benzene rings is 1. The van der Waals surface area contributed by atoms with Crippen molar-refractivity contribution in [1.82, 2.24) is 9.80 Å². The second-order valence-electron chi connectivity index (χ2n) is 8.97. The fourth-order valence-electron chi connectivity index (χ4n) is 5.41. The van der Waals surface area contributed by atoms with Crippen LogP contribution in [0.3, 0.4) is 0 Å². The molecule has 0 saturated carbocycles. The maximum atomic E-state index is 6.06. The minimum Gasteiger partial charge on any atom is -0.493 e. The summed E-state index contributed by atoms with van der Waals surface area (Å²) >= 11 is 1.98. The van der Waals surface area contributed by atoms with E-state index >= 15 is 0 Å². The fraction of sp³-hybridized carbons (Fsp3) is 0.385. The van der Waals surface area contributed by atoms with Gasteiger partial charge < -0.3 is 15.0 Å². The Bertz CT molecular complexity index is 1080. The topological polar surface area (TPSA) is 27.7 Å². The van der Waals surface area contributed by atoms with Gasteiger partial charge in [-0.15, -0.1) is 11.3 Å². The van der Waals surface area contributed by atoms with Crippen LogP contribution in [0.5, 0.6) is 5.75 Å². The zero-order chi connectivity index (χ0) is 20.8. The second kappa shape index (κ2) is 7.88. The van der Waals surface area contributed by atoms with Gasteiger partial charge in [0.2, 0.25) is 0 Å². The molecule has 1 saturated heterocycles. The Morgan fingerprint density at radius 2 is 2.19 bits per heavy atom. The van der Waals surface area contributed by atoms with Crippen LogP contribution in [0.25, 0.3) is 11.8 Å². The van der Waals surface area contributed by atoms with E-state index in [2.05, 4.69) is 57.4 Å². The van der Waals surface area contributed by atoms with E-state index in [1.165, 1.54) is 37.1 Å². The molecule has 6 rings (SSSR count). The van der Waals surface area contributed by atoms with Gasteiger partial charge in [-0.1, -0.05) is 18.7 Å². The lowest BCUT2D eigenvalue weighted by Gasteiger charge is -2.47. The van der Waals surface area contributed by atoms with Gasteiger partial charge in [-0.2, -0.15) is 0 Å². The van der Waals surface area contributed by atoms with E-state index in [1.54, 1.807) is 16.0 Å². The highest BCUT2D eigenvalue weighted by Gasteiger charge is 2.36. The number of piperazine rings is 1. The van der Waals surface area contributed by atoms with Gasteiger partial charge >= 0.3 is 0 Å². The van der Waals surface area contributed by atoms with Gasteiger partial charge in [-0.3, -0.25) is 4.90 Å². The molecule has 3 aliphatic heterocycles.